The zero-order valence-corrected chi connectivity index (χ0v) is 18.4. The predicted octanol–water partition coefficient (Wildman–Crippen LogP) is 5.39. The minimum atomic E-state index is -4.93. The maximum atomic E-state index is 13.2. The van der Waals surface area contributed by atoms with Crippen LogP contribution >= 0.6 is 0 Å². The molecule has 0 bridgehead atoms. The van der Waals surface area contributed by atoms with E-state index in [1.165, 1.54) is 6.92 Å². The molecule has 0 spiro atoms. The van der Waals surface area contributed by atoms with Gasteiger partial charge in [-0.3, -0.25) is 0 Å². The molecule has 10 heteroatoms. The lowest BCUT2D eigenvalue weighted by molar-refractivity contribution is -0.143. The Kier molecular flexibility index (Phi) is 7.31. The first-order valence-corrected chi connectivity index (χ1v) is 10.7. The van der Waals surface area contributed by atoms with Crippen molar-refractivity contribution < 1.29 is 31.1 Å². The molecule has 3 rings (SSSR count). The molecule has 0 unspecified atom stereocenters. The number of nitrogens with two attached hydrogens (primary N) is 1. The maximum Gasteiger partial charge on any atom is 0.416 e. The molecule has 3 N–H and O–H groups in total. The zero-order valence-electron chi connectivity index (χ0n) is 18.4. The summed E-state index contributed by atoms with van der Waals surface area (Å²) in [6.07, 6.45) is -9.62. The predicted molar refractivity (Wildman–Crippen MR) is 113 cm³/mol. The summed E-state index contributed by atoms with van der Waals surface area (Å²) in [4.78, 5) is 0. The van der Waals surface area contributed by atoms with Gasteiger partial charge in [-0.1, -0.05) is 30.3 Å². The van der Waals surface area contributed by atoms with Crippen molar-refractivity contribution in [1.29, 1.82) is 5.26 Å². The molecule has 0 aliphatic carbocycles. The average molecular weight is 485 g/mol. The number of hydrogen-bond acceptors (Lipinski definition) is 4. The van der Waals surface area contributed by atoms with Crippen molar-refractivity contribution in [3.05, 3.63) is 70.8 Å². The van der Waals surface area contributed by atoms with Gasteiger partial charge in [0.2, 0.25) is 0 Å². The molecule has 4 nitrogen and oxygen atoms in total. The van der Waals surface area contributed by atoms with Crippen LogP contribution in [0.3, 0.4) is 0 Å². The Morgan fingerprint density at radius 1 is 1.03 bits per heavy atom. The van der Waals surface area contributed by atoms with E-state index in [2.05, 4.69) is 11.4 Å². The molecular weight excluding hydrogens is 460 g/mol. The van der Waals surface area contributed by atoms with Gasteiger partial charge in [-0.15, -0.1) is 0 Å². The highest BCUT2D eigenvalue weighted by atomic mass is 19.4. The summed E-state index contributed by atoms with van der Waals surface area (Å²) in [5.41, 5.74) is 2.28. The molecule has 1 heterocycles. The normalized spacial score (nSPS) is 24.4. The van der Waals surface area contributed by atoms with Gasteiger partial charge in [0.25, 0.3) is 0 Å². The lowest BCUT2D eigenvalue weighted by Crippen LogP contribution is -2.63. The van der Waals surface area contributed by atoms with Gasteiger partial charge in [0.1, 0.15) is 5.54 Å². The average Bonchev–Trinajstić information content (AvgIpc) is 2.79. The summed E-state index contributed by atoms with van der Waals surface area (Å²) in [6, 6.07) is 12.9. The summed E-state index contributed by atoms with van der Waals surface area (Å²) in [7, 11) is 0. The van der Waals surface area contributed by atoms with E-state index in [-0.39, 0.29) is 24.8 Å². The Bertz CT molecular complexity index is 989. The van der Waals surface area contributed by atoms with E-state index in [0.29, 0.717) is 31.4 Å². The first kappa shape index (κ1) is 26.0. The number of halogens is 6. The van der Waals surface area contributed by atoms with Crippen molar-refractivity contribution in [2.75, 3.05) is 13.2 Å². The highest BCUT2D eigenvalue weighted by molar-refractivity contribution is 5.34. The van der Waals surface area contributed by atoms with Crippen molar-refractivity contribution in [1.82, 2.24) is 5.32 Å². The number of rotatable bonds is 6. The number of nitrogens with one attached hydrogen (secondary N) is 1. The van der Waals surface area contributed by atoms with E-state index in [9.17, 15) is 31.6 Å². The van der Waals surface area contributed by atoms with Crippen molar-refractivity contribution in [2.24, 2.45) is 5.73 Å². The van der Waals surface area contributed by atoms with Crippen LogP contribution < -0.4 is 11.1 Å². The van der Waals surface area contributed by atoms with Gasteiger partial charge in [0, 0.05) is 12.1 Å². The van der Waals surface area contributed by atoms with Crippen LogP contribution in [0.4, 0.5) is 26.3 Å². The van der Waals surface area contributed by atoms with Crippen molar-refractivity contribution >= 4 is 0 Å². The third-order valence-corrected chi connectivity index (χ3v) is 6.13. The van der Waals surface area contributed by atoms with Gasteiger partial charge in [0.15, 0.2) is 0 Å². The van der Waals surface area contributed by atoms with Crippen LogP contribution in [0, 0.1) is 11.3 Å². The quantitative estimate of drug-likeness (QED) is 0.539. The van der Waals surface area contributed by atoms with Crippen molar-refractivity contribution in [2.45, 2.75) is 55.7 Å². The Morgan fingerprint density at radius 2 is 1.62 bits per heavy atom. The third kappa shape index (κ3) is 6.29. The molecule has 0 radical (unpaired) electrons. The van der Waals surface area contributed by atoms with E-state index < -0.39 is 40.7 Å². The van der Waals surface area contributed by atoms with E-state index >= 15 is 0 Å². The first-order chi connectivity index (χ1) is 15.8. The van der Waals surface area contributed by atoms with Gasteiger partial charge in [-0.25, -0.2) is 0 Å². The van der Waals surface area contributed by atoms with Crippen molar-refractivity contribution in [3.8, 4) is 6.07 Å². The van der Waals surface area contributed by atoms with Crippen LogP contribution in [0.2, 0.25) is 0 Å². The Hall–Kier alpha value is -2.61. The standard InChI is InChI=1S/C24H25F6N3O/c1-16(18-9-19(23(25,26)27)11-20(10-18)24(28,29)30)34-15-22(12-17-5-3-2-4-6-17)8-7-21(32,13-31)14-33-22/h2-6,9-11,16,33H,7-8,12,14-15,32H2,1H3/t16-,21+,22+/m1/s1. The minimum Gasteiger partial charge on any atom is -0.372 e. The molecule has 184 valence electrons. The number of piperidine rings is 1. The summed E-state index contributed by atoms with van der Waals surface area (Å²) < 4.78 is 85.2. The lowest BCUT2D eigenvalue weighted by Gasteiger charge is -2.43. The topological polar surface area (TPSA) is 71.1 Å². The molecule has 1 aliphatic rings. The minimum absolute atomic E-state index is 0.00215. The van der Waals surface area contributed by atoms with Crippen LogP contribution in [-0.2, 0) is 23.5 Å². The van der Waals surface area contributed by atoms with Crippen LogP contribution in [0.5, 0.6) is 0 Å². The van der Waals surface area contributed by atoms with Crippen LogP contribution in [0.25, 0.3) is 0 Å². The van der Waals surface area contributed by atoms with Crippen LogP contribution in [0.15, 0.2) is 48.5 Å². The SMILES string of the molecule is C[C@@H](OC[C@@]1(Cc2ccccc2)CC[C@](N)(C#N)CN1)c1cc(C(F)(F)F)cc(C(F)(F)F)c1. The zero-order chi connectivity index (χ0) is 25.2. The Balaban J connectivity index is 1.84. The fourth-order valence-corrected chi connectivity index (χ4v) is 3.99. The second-order valence-corrected chi connectivity index (χ2v) is 8.86. The van der Waals surface area contributed by atoms with E-state index in [4.69, 9.17) is 10.5 Å². The molecule has 3 atom stereocenters. The molecule has 2 aromatic rings. The van der Waals surface area contributed by atoms with E-state index in [0.717, 1.165) is 5.56 Å². The largest absolute Gasteiger partial charge is 0.416 e. The van der Waals surface area contributed by atoms with E-state index in [1.807, 2.05) is 30.3 Å². The fraction of sp³-hybridized carbons (Fsp3) is 0.458. The molecule has 1 fully saturated rings. The first-order valence-electron chi connectivity index (χ1n) is 10.7. The fourth-order valence-electron chi connectivity index (χ4n) is 3.99. The molecule has 1 saturated heterocycles. The second kappa shape index (κ2) is 9.56. The third-order valence-electron chi connectivity index (χ3n) is 6.13. The molecule has 0 saturated carbocycles. The smallest absolute Gasteiger partial charge is 0.372 e. The molecule has 0 aromatic heterocycles. The van der Waals surface area contributed by atoms with Gasteiger partial charge in [-0.2, -0.15) is 31.6 Å². The lowest BCUT2D eigenvalue weighted by atomic mass is 9.78. The summed E-state index contributed by atoms with van der Waals surface area (Å²) in [5, 5.41) is 12.6. The molecule has 2 aromatic carbocycles. The number of alkyl halides is 6. The van der Waals surface area contributed by atoms with Crippen molar-refractivity contribution in [3.63, 3.8) is 0 Å². The number of hydrogen-bond donors (Lipinski definition) is 2. The summed E-state index contributed by atoms with van der Waals surface area (Å²) in [6.45, 7) is 1.59. The highest BCUT2D eigenvalue weighted by Gasteiger charge is 2.42. The van der Waals surface area contributed by atoms with Gasteiger partial charge in [-0.05, 0) is 55.5 Å². The monoisotopic (exact) mass is 485 g/mol. The number of benzene rings is 2. The number of ether oxygens (including phenoxy) is 1. The molecular formula is C24H25F6N3O. The van der Waals surface area contributed by atoms with Gasteiger partial charge < -0.3 is 15.8 Å². The number of nitriles is 1. The molecule has 1 aliphatic heterocycles. The summed E-state index contributed by atoms with van der Waals surface area (Å²) in [5.74, 6) is 0. The maximum absolute atomic E-state index is 13.2. The van der Waals surface area contributed by atoms with Gasteiger partial charge >= 0.3 is 12.4 Å². The molecule has 0 amide bonds. The Morgan fingerprint density at radius 3 is 2.09 bits per heavy atom. The van der Waals surface area contributed by atoms with Gasteiger partial charge in [0.05, 0.1) is 29.9 Å². The second-order valence-electron chi connectivity index (χ2n) is 8.86. The summed E-state index contributed by atoms with van der Waals surface area (Å²) >= 11 is 0. The van der Waals surface area contributed by atoms with Crippen LogP contribution in [0.1, 0.15) is 48.1 Å². The highest BCUT2D eigenvalue weighted by Crippen LogP contribution is 2.38. The van der Waals surface area contributed by atoms with Crippen LogP contribution in [-0.4, -0.2) is 24.2 Å². The Labute approximate surface area is 193 Å². The molecule has 34 heavy (non-hydrogen) atoms. The number of nitrogens with zero attached hydrogens (tertiary/aromatic N) is 1. The van der Waals surface area contributed by atoms with E-state index in [1.54, 1.807) is 0 Å².